The molecule has 1 aromatic rings. The molecule has 0 unspecified atom stereocenters. The van der Waals surface area contributed by atoms with Crippen LogP contribution in [0.5, 0.6) is 0 Å². The number of cyclic esters (lactones) is 1. The molecule has 0 spiro atoms. The first kappa shape index (κ1) is 24.0. The topological polar surface area (TPSA) is 79.9 Å². The Morgan fingerprint density at radius 3 is 2.70 bits per heavy atom. The molecular weight excluding hydrogens is 380 g/mol. The normalized spacial score (nSPS) is 19.3. The van der Waals surface area contributed by atoms with E-state index in [0.717, 1.165) is 51.4 Å². The number of allylic oxidation sites excluding steroid dienone is 3. The zero-order chi connectivity index (χ0) is 22.1. The average Bonchev–Trinajstić information content (AvgIpc) is 3.26. The second-order valence-corrected chi connectivity index (χ2v) is 8.83. The Bertz CT molecular complexity index is 780. The summed E-state index contributed by atoms with van der Waals surface area (Å²) in [5.74, 6) is -0.0151. The second kappa shape index (κ2) is 11.2. The number of aliphatic hydroxyl groups is 2. The lowest BCUT2D eigenvalue weighted by atomic mass is 9.92. The van der Waals surface area contributed by atoms with Crippen molar-refractivity contribution >= 4 is 5.97 Å². The van der Waals surface area contributed by atoms with Crippen molar-refractivity contribution in [3.8, 4) is 0 Å². The Labute approximate surface area is 180 Å². The lowest BCUT2D eigenvalue weighted by molar-refractivity contribution is -0.133. The highest BCUT2D eigenvalue weighted by Crippen LogP contribution is 2.26. The van der Waals surface area contributed by atoms with Gasteiger partial charge in [-0.15, -0.1) is 0 Å². The van der Waals surface area contributed by atoms with Crippen LogP contribution in [0.4, 0.5) is 0 Å². The van der Waals surface area contributed by atoms with Gasteiger partial charge in [-0.25, -0.2) is 4.79 Å². The highest BCUT2D eigenvalue weighted by Gasteiger charge is 2.26. The number of ether oxygens (including phenoxy) is 1. The third-order valence-corrected chi connectivity index (χ3v) is 5.70. The molecule has 0 saturated carbocycles. The summed E-state index contributed by atoms with van der Waals surface area (Å²) in [4.78, 5) is 11.5. The van der Waals surface area contributed by atoms with E-state index in [2.05, 4.69) is 19.9 Å². The molecule has 5 heteroatoms. The van der Waals surface area contributed by atoms with Crippen LogP contribution in [-0.4, -0.2) is 21.8 Å². The molecule has 2 atom stereocenters. The van der Waals surface area contributed by atoms with Gasteiger partial charge in [0.2, 0.25) is 0 Å². The maximum absolute atomic E-state index is 11.5. The number of hydrogen-bond acceptors (Lipinski definition) is 5. The van der Waals surface area contributed by atoms with Crippen molar-refractivity contribution in [2.45, 2.75) is 84.7 Å². The van der Waals surface area contributed by atoms with E-state index in [1.54, 1.807) is 19.5 Å². The Morgan fingerprint density at radius 1 is 1.30 bits per heavy atom. The van der Waals surface area contributed by atoms with E-state index in [4.69, 9.17) is 9.15 Å². The summed E-state index contributed by atoms with van der Waals surface area (Å²) in [6.45, 7) is 7.67. The van der Waals surface area contributed by atoms with Gasteiger partial charge < -0.3 is 19.4 Å². The van der Waals surface area contributed by atoms with Gasteiger partial charge in [0.15, 0.2) is 11.5 Å². The van der Waals surface area contributed by atoms with Crippen LogP contribution in [0, 0.1) is 5.92 Å². The molecule has 0 fully saturated rings. The molecule has 1 aliphatic rings. The maximum atomic E-state index is 11.5. The fourth-order valence-electron chi connectivity index (χ4n) is 3.63. The van der Waals surface area contributed by atoms with Gasteiger partial charge in [-0.3, -0.25) is 0 Å². The van der Waals surface area contributed by atoms with Gasteiger partial charge in [-0.1, -0.05) is 18.6 Å². The van der Waals surface area contributed by atoms with Gasteiger partial charge in [-0.05, 0) is 95.8 Å². The van der Waals surface area contributed by atoms with Crippen molar-refractivity contribution < 1.29 is 24.2 Å². The number of aliphatic hydroxyl groups excluding tert-OH is 1. The minimum absolute atomic E-state index is 0.0419. The Morgan fingerprint density at radius 2 is 2.07 bits per heavy atom. The van der Waals surface area contributed by atoms with Crippen LogP contribution in [0.1, 0.15) is 78.2 Å². The zero-order valence-corrected chi connectivity index (χ0v) is 18.7. The van der Waals surface area contributed by atoms with Crippen LogP contribution in [0.3, 0.4) is 0 Å². The Kier molecular flexibility index (Phi) is 8.97. The number of furan rings is 1. The number of hydrogen-bond donors (Lipinski definition) is 2. The van der Waals surface area contributed by atoms with Crippen LogP contribution in [0.2, 0.25) is 0 Å². The fourth-order valence-corrected chi connectivity index (χ4v) is 3.63. The first-order chi connectivity index (χ1) is 14.2. The lowest BCUT2D eigenvalue weighted by Crippen LogP contribution is -2.23. The minimum Gasteiger partial charge on any atom is -0.504 e. The number of carbonyl (C=O) groups is 1. The summed E-state index contributed by atoms with van der Waals surface area (Å²) in [5.41, 5.74) is 2.13. The Hall–Kier alpha value is -2.27. The molecule has 0 saturated heterocycles. The van der Waals surface area contributed by atoms with E-state index in [1.807, 2.05) is 19.1 Å². The molecule has 30 heavy (non-hydrogen) atoms. The molecule has 2 rings (SSSR count). The van der Waals surface area contributed by atoms with Gasteiger partial charge in [0.1, 0.15) is 0 Å². The second-order valence-electron chi connectivity index (χ2n) is 8.83. The molecule has 0 aromatic carbocycles. The molecule has 2 N–H and O–H groups in total. The van der Waals surface area contributed by atoms with Gasteiger partial charge in [0.05, 0.1) is 23.7 Å². The quantitative estimate of drug-likeness (QED) is 0.315. The van der Waals surface area contributed by atoms with Crippen LogP contribution in [-0.2, 0) is 16.0 Å². The highest BCUT2D eigenvalue weighted by atomic mass is 16.6. The summed E-state index contributed by atoms with van der Waals surface area (Å²) in [6.07, 6.45) is 14.8. The zero-order valence-electron chi connectivity index (χ0n) is 18.7. The van der Waals surface area contributed by atoms with Crippen molar-refractivity contribution in [3.05, 3.63) is 59.0 Å². The third kappa shape index (κ3) is 7.86. The van der Waals surface area contributed by atoms with Gasteiger partial charge in [0.25, 0.3) is 0 Å². The standard InChI is InChI=1S/C25H36O5/c1-18(8-5-9-19(2)16-22-23(26)20(3)24(27)30-22)10-6-13-25(4,28)14-7-11-21-12-15-29-17-21/h10,12,15-17,19,26,28H,5-9,11,13-14H2,1-4H3/t19-,25+/m0/s1. The average molecular weight is 417 g/mol. The van der Waals surface area contributed by atoms with E-state index < -0.39 is 11.6 Å². The molecule has 2 heterocycles. The molecule has 0 bridgehead atoms. The molecular formula is C25H36O5. The van der Waals surface area contributed by atoms with Crippen molar-refractivity contribution in [2.24, 2.45) is 5.92 Å². The van der Waals surface area contributed by atoms with Crippen molar-refractivity contribution in [1.82, 2.24) is 0 Å². The number of rotatable bonds is 12. The number of esters is 1. The predicted octanol–water partition coefficient (Wildman–Crippen LogP) is 6.16. The third-order valence-electron chi connectivity index (χ3n) is 5.70. The summed E-state index contributed by atoms with van der Waals surface area (Å²) >= 11 is 0. The molecule has 166 valence electrons. The molecule has 0 radical (unpaired) electrons. The summed E-state index contributed by atoms with van der Waals surface area (Å²) in [5, 5.41) is 20.5. The summed E-state index contributed by atoms with van der Waals surface area (Å²) < 4.78 is 10.2. The van der Waals surface area contributed by atoms with Crippen molar-refractivity contribution in [2.75, 3.05) is 0 Å². The van der Waals surface area contributed by atoms with Crippen molar-refractivity contribution in [1.29, 1.82) is 0 Å². The van der Waals surface area contributed by atoms with E-state index in [9.17, 15) is 15.0 Å². The smallest absolute Gasteiger partial charge is 0.343 e. The molecule has 5 nitrogen and oxygen atoms in total. The van der Waals surface area contributed by atoms with E-state index >= 15 is 0 Å². The van der Waals surface area contributed by atoms with E-state index in [-0.39, 0.29) is 23.0 Å². The van der Waals surface area contributed by atoms with Crippen LogP contribution in [0.15, 0.2) is 57.8 Å². The van der Waals surface area contributed by atoms with Crippen LogP contribution in [0.25, 0.3) is 0 Å². The van der Waals surface area contributed by atoms with E-state index in [0.29, 0.717) is 0 Å². The molecule has 0 aliphatic carbocycles. The van der Waals surface area contributed by atoms with Crippen LogP contribution < -0.4 is 0 Å². The van der Waals surface area contributed by atoms with Crippen molar-refractivity contribution in [3.63, 3.8) is 0 Å². The summed E-state index contributed by atoms with van der Waals surface area (Å²) in [6, 6.07) is 1.97. The summed E-state index contributed by atoms with van der Waals surface area (Å²) in [7, 11) is 0. The number of carbonyl (C=O) groups excluding carboxylic acids is 1. The highest BCUT2D eigenvalue weighted by molar-refractivity contribution is 5.93. The van der Waals surface area contributed by atoms with Gasteiger partial charge in [-0.2, -0.15) is 0 Å². The first-order valence-corrected chi connectivity index (χ1v) is 10.9. The molecule has 1 aliphatic heterocycles. The van der Waals surface area contributed by atoms with Gasteiger partial charge >= 0.3 is 5.97 Å². The van der Waals surface area contributed by atoms with E-state index in [1.165, 1.54) is 11.1 Å². The predicted molar refractivity (Wildman–Crippen MR) is 118 cm³/mol. The van der Waals surface area contributed by atoms with Crippen LogP contribution >= 0.6 is 0 Å². The molecule has 0 amide bonds. The largest absolute Gasteiger partial charge is 0.504 e. The minimum atomic E-state index is -0.645. The van der Waals surface area contributed by atoms with Gasteiger partial charge in [0, 0.05) is 0 Å². The number of aryl methyl sites for hydroxylation is 1. The lowest BCUT2D eigenvalue weighted by Gasteiger charge is -2.22. The first-order valence-electron chi connectivity index (χ1n) is 10.9. The maximum Gasteiger partial charge on any atom is 0.343 e. The Balaban J connectivity index is 1.64. The molecule has 1 aromatic heterocycles. The fraction of sp³-hybridized carbons (Fsp3) is 0.560. The SMILES string of the molecule is CC(=CCC[C@@](C)(O)CCCc1ccoc1)CCC[C@H](C)C=C1OC(=O)C(C)=C1O. The monoisotopic (exact) mass is 416 g/mol.